The second kappa shape index (κ2) is 12.7. The van der Waals surface area contributed by atoms with Crippen LogP contribution in [0.3, 0.4) is 0 Å². The van der Waals surface area contributed by atoms with Crippen LogP contribution in [0, 0.1) is 5.82 Å². The first-order chi connectivity index (χ1) is 17.7. The molecule has 5 nitrogen and oxygen atoms in total. The van der Waals surface area contributed by atoms with Gasteiger partial charge in [0.1, 0.15) is 17.4 Å². The fourth-order valence-electron chi connectivity index (χ4n) is 4.24. The molecule has 6 heteroatoms. The maximum absolute atomic E-state index is 13.1. The lowest BCUT2D eigenvalue weighted by atomic mass is 10.1. The topological polar surface area (TPSA) is 56.1 Å². The number of para-hydroxylation sites is 3. The maximum atomic E-state index is 13.1. The van der Waals surface area contributed by atoms with Gasteiger partial charge in [-0.25, -0.2) is 9.37 Å². The molecular formula is C30H32FN3O2. The van der Waals surface area contributed by atoms with Gasteiger partial charge in [-0.3, -0.25) is 4.79 Å². The third kappa shape index (κ3) is 6.60. The zero-order valence-corrected chi connectivity index (χ0v) is 20.5. The lowest BCUT2D eigenvalue weighted by Gasteiger charge is -2.12. The SMILES string of the molecule is C=CCc1ccccc1OCCCCn1c(CCCNC(=O)c2ccc(F)cc2)nc2ccccc21. The van der Waals surface area contributed by atoms with Crippen LogP contribution in [0.2, 0.25) is 0 Å². The molecule has 0 atom stereocenters. The van der Waals surface area contributed by atoms with E-state index in [2.05, 4.69) is 28.6 Å². The number of nitrogens with zero attached hydrogens (tertiary/aromatic N) is 2. The average molecular weight is 486 g/mol. The summed E-state index contributed by atoms with van der Waals surface area (Å²) in [7, 11) is 0. The molecule has 1 N–H and O–H groups in total. The molecule has 0 saturated carbocycles. The minimum Gasteiger partial charge on any atom is -0.493 e. The second-order valence-electron chi connectivity index (χ2n) is 8.69. The number of carbonyl (C=O) groups is 1. The van der Waals surface area contributed by atoms with Gasteiger partial charge in [0.25, 0.3) is 5.91 Å². The van der Waals surface area contributed by atoms with Crippen molar-refractivity contribution in [2.24, 2.45) is 0 Å². The number of unbranched alkanes of at least 4 members (excludes halogenated alkanes) is 1. The molecule has 0 bridgehead atoms. The van der Waals surface area contributed by atoms with Crippen molar-refractivity contribution < 1.29 is 13.9 Å². The van der Waals surface area contributed by atoms with Crippen LogP contribution >= 0.6 is 0 Å². The summed E-state index contributed by atoms with van der Waals surface area (Å²) >= 11 is 0. The highest BCUT2D eigenvalue weighted by Crippen LogP contribution is 2.20. The highest BCUT2D eigenvalue weighted by molar-refractivity contribution is 5.94. The molecule has 0 radical (unpaired) electrons. The molecule has 0 aliphatic heterocycles. The monoisotopic (exact) mass is 485 g/mol. The maximum Gasteiger partial charge on any atom is 0.251 e. The Morgan fingerprint density at radius 2 is 1.78 bits per heavy atom. The molecule has 1 aromatic heterocycles. The van der Waals surface area contributed by atoms with Crippen molar-refractivity contribution in [1.82, 2.24) is 14.9 Å². The highest BCUT2D eigenvalue weighted by Gasteiger charge is 2.11. The minimum atomic E-state index is -0.352. The Labute approximate surface area is 211 Å². The molecular weight excluding hydrogens is 453 g/mol. The normalized spacial score (nSPS) is 10.9. The Bertz CT molecular complexity index is 1300. The van der Waals surface area contributed by atoms with Gasteiger partial charge in [0.05, 0.1) is 17.6 Å². The number of carbonyl (C=O) groups excluding carboxylic acids is 1. The molecule has 4 aromatic rings. The molecule has 0 saturated heterocycles. The number of amides is 1. The van der Waals surface area contributed by atoms with Crippen LogP contribution in [0.25, 0.3) is 11.0 Å². The first-order valence-electron chi connectivity index (χ1n) is 12.4. The zero-order chi connectivity index (χ0) is 25.2. The highest BCUT2D eigenvalue weighted by atomic mass is 19.1. The summed E-state index contributed by atoms with van der Waals surface area (Å²) in [5, 5.41) is 2.91. The predicted molar refractivity (Wildman–Crippen MR) is 142 cm³/mol. The molecule has 186 valence electrons. The van der Waals surface area contributed by atoms with E-state index in [1.165, 1.54) is 24.3 Å². The van der Waals surface area contributed by atoms with E-state index in [0.717, 1.165) is 66.8 Å². The summed E-state index contributed by atoms with van der Waals surface area (Å²) in [5.41, 5.74) is 3.72. The molecule has 1 amide bonds. The van der Waals surface area contributed by atoms with Crippen LogP contribution in [0.4, 0.5) is 4.39 Å². The van der Waals surface area contributed by atoms with Crippen molar-refractivity contribution >= 4 is 16.9 Å². The first-order valence-corrected chi connectivity index (χ1v) is 12.4. The van der Waals surface area contributed by atoms with Crippen LogP contribution in [0.1, 0.15) is 41.0 Å². The number of benzene rings is 3. The Morgan fingerprint density at radius 3 is 2.61 bits per heavy atom. The lowest BCUT2D eigenvalue weighted by molar-refractivity contribution is 0.0953. The number of aromatic nitrogens is 2. The molecule has 1 heterocycles. The number of nitrogens with one attached hydrogen (secondary N) is 1. The van der Waals surface area contributed by atoms with Crippen LogP contribution in [0.5, 0.6) is 5.75 Å². The fourth-order valence-corrected chi connectivity index (χ4v) is 4.24. The number of ether oxygens (including phenoxy) is 1. The molecule has 36 heavy (non-hydrogen) atoms. The van der Waals surface area contributed by atoms with Gasteiger partial charge in [-0.2, -0.15) is 0 Å². The first kappa shape index (κ1) is 25.2. The molecule has 0 fully saturated rings. The smallest absolute Gasteiger partial charge is 0.251 e. The van der Waals surface area contributed by atoms with Gasteiger partial charge >= 0.3 is 0 Å². The Hall–Kier alpha value is -3.93. The van der Waals surface area contributed by atoms with Crippen molar-refractivity contribution in [1.29, 1.82) is 0 Å². The van der Waals surface area contributed by atoms with E-state index < -0.39 is 0 Å². The number of imidazole rings is 1. The summed E-state index contributed by atoms with van der Waals surface area (Å²) < 4.78 is 21.4. The molecule has 4 rings (SSSR count). The Kier molecular flexibility index (Phi) is 8.87. The zero-order valence-electron chi connectivity index (χ0n) is 20.5. The summed E-state index contributed by atoms with van der Waals surface area (Å²) in [6.07, 6.45) is 6.11. The standard InChI is InChI=1S/C30H32FN3O2/c1-2-10-23-11-3-6-14-28(23)36-22-8-7-21-34-27-13-5-4-12-26(27)33-29(34)15-9-20-32-30(35)24-16-18-25(31)19-17-24/h2-6,11-14,16-19H,1,7-10,15,20-22H2,(H,32,35). The quantitative estimate of drug-likeness (QED) is 0.183. The summed E-state index contributed by atoms with van der Waals surface area (Å²) in [6.45, 7) is 5.86. The van der Waals surface area contributed by atoms with E-state index in [9.17, 15) is 9.18 Å². The van der Waals surface area contributed by atoms with Crippen LogP contribution in [0.15, 0.2) is 85.5 Å². The van der Waals surface area contributed by atoms with Crippen molar-refractivity contribution in [3.63, 3.8) is 0 Å². The van der Waals surface area contributed by atoms with E-state index >= 15 is 0 Å². The third-order valence-electron chi connectivity index (χ3n) is 6.07. The van der Waals surface area contributed by atoms with Gasteiger partial charge in [-0.15, -0.1) is 6.58 Å². The molecule has 0 unspecified atom stereocenters. The number of rotatable bonds is 13. The number of aryl methyl sites for hydroxylation is 2. The molecule has 0 spiro atoms. The minimum absolute atomic E-state index is 0.196. The van der Waals surface area contributed by atoms with Crippen LogP contribution in [-0.2, 0) is 19.4 Å². The number of hydrogen-bond donors (Lipinski definition) is 1. The van der Waals surface area contributed by atoms with Crippen molar-refractivity contribution in [2.75, 3.05) is 13.2 Å². The molecule has 0 aliphatic rings. The number of hydrogen-bond acceptors (Lipinski definition) is 3. The summed E-state index contributed by atoms with van der Waals surface area (Å²) in [4.78, 5) is 17.1. The Morgan fingerprint density at radius 1 is 1.00 bits per heavy atom. The van der Waals surface area contributed by atoms with Crippen molar-refractivity contribution in [3.05, 3.63) is 108 Å². The van der Waals surface area contributed by atoms with E-state index in [-0.39, 0.29) is 11.7 Å². The lowest BCUT2D eigenvalue weighted by Crippen LogP contribution is -2.25. The largest absolute Gasteiger partial charge is 0.493 e. The van der Waals surface area contributed by atoms with Gasteiger partial charge in [-0.05, 0) is 73.7 Å². The van der Waals surface area contributed by atoms with Gasteiger partial charge in [0.15, 0.2) is 0 Å². The van der Waals surface area contributed by atoms with E-state index in [0.29, 0.717) is 18.7 Å². The summed E-state index contributed by atoms with van der Waals surface area (Å²) in [5.74, 6) is 1.39. The number of halogens is 1. The molecule has 3 aromatic carbocycles. The van der Waals surface area contributed by atoms with Crippen molar-refractivity contribution in [3.8, 4) is 5.75 Å². The third-order valence-corrected chi connectivity index (χ3v) is 6.07. The van der Waals surface area contributed by atoms with Crippen LogP contribution < -0.4 is 10.1 Å². The van der Waals surface area contributed by atoms with Gasteiger partial charge in [0, 0.05) is 25.1 Å². The Balaban J connectivity index is 1.29. The summed E-state index contributed by atoms with van der Waals surface area (Å²) in [6, 6.07) is 21.8. The second-order valence-corrected chi connectivity index (χ2v) is 8.69. The van der Waals surface area contributed by atoms with Crippen LogP contribution in [-0.4, -0.2) is 28.6 Å². The fraction of sp³-hybridized carbons (Fsp3) is 0.267. The molecule has 0 aliphatic carbocycles. The predicted octanol–water partition coefficient (Wildman–Crippen LogP) is 6.13. The van der Waals surface area contributed by atoms with Gasteiger partial charge in [0.2, 0.25) is 0 Å². The number of fused-ring (bicyclic) bond motifs is 1. The average Bonchev–Trinajstić information content (AvgIpc) is 3.25. The van der Waals surface area contributed by atoms with Gasteiger partial charge in [-0.1, -0.05) is 36.4 Å². The number of allylic oxidation sites excluding steroid dienone is 1. The van der Waals surface area contributed by atoms with Crippen molar-refractivity contribution in [2.45, 2.75) is 38.6 Å². The van der Waals surface area contributed by atoms with Gasteiger partial charge < -0.3 is 14.6 Å². The van der Waals surface area contributed by atoms with E-state index in [1.807, 2.05) is 42.5 Å². The van der Waals surface area contributed by atoms with E-state index in [4.69, 9.17) is 9.72 Å². The van der Waals surface area contributed by atoms with E-state index in [1.54, 1.807) is 0 Å².